The summed E-state index contributed by atoms with van der Waals surface area (Å²) in [5.41, 5.74) is 2.84. The van der Waals surface area contributed by atoms with Crippen molar-refractivity contribution in [2.75, 3.05) is 0 Å². The monoisotopic (exact) mass is 366 g/mol. The molecule has 3 aromatic carbocycles. The normalized spacial score (nSPS) is 11.5. The minimum absolute atomic E-state index is 0.281. The molecule has 1 heterocycles. The summed E-state index contributed by atoms with van der Waals surface area (Å²) in [4.78, 5) is 8.72. The largest absolute Gasteiger partial charge is 0.504 e. The van der Waals surface area contributed by atoms with Crippen LogP contribution in [-0.4, -0.2) is 16.3 Å². The van der Waals surface area contributed by atoms with Gasteiger partial charge in [-0.05, 0) is 42.5 Å². The Morgan fingerprint density at radius 1 is 1.08 bits per heavy atom. The lowest BCUT2D eigenvalue weighted by atomic mass is 10.2. The van der Waals surface area contributed by atoms with Gasteiger partial charge >= 0.3 is 0 Å². The first kappa shape index (κ1) is 16.3. The van der Waals surface area contributed by atoms with E-state index in [2.05, 4.69) is 9.98 Å². The number of para-hydroxylation sites is 3. The van der Waals surface area contributed by atoms with Crippen molar-refractivity contribution < 1.29 is 13.9 Å². The number of rotatable bonds is 3. The van der Waals surface area contributed by atoms with Crippen LogP contribution in [0.5, 0.6) is 5.75 Å². The number of aliphatic imine (C=N–C) groups is 1. The molecule has 0 saturated heterocycles. The summed E-state index contributed by atoms with van der Waals surface area (Å²) in [7, 11) is 0. The van der Waals surface area contributed by atoms with E-state index < -0.39 is 11.6 Å². The molecule has 6 heteroatoms. The summed E-state index contributed by atoms with van der Waals surface area (Å²) in [6.07, 6.45) is 1.39. The maximum atomic E-state index is 13.4. The van der Waals surface area contributed by atoms with E-state index in [1.165, 1.54) is 18.3 Å². The molecule has 1 aromatic heterocycles. The number of benzene rings is 3. The molecule has 4 aromatic rings. The van der Waals surface area contributed by atoms with Crippen LogP contribution in [0.3, 0.4) is 0 Å². The molecular weight excluding hydrogens is 355 g/mol. The van der Waals surface area contributed by atoms with Crippen LogP contribution in [0.15, 0.2) is 70.1 Å². The quantitative estimate of drug-likeness (QED) is 0.470. The van der Waals surface area contributed by atoms with Crippen LogP contribution in [0.25, 0.3) is 22.6 Å². The molecule has 0 spiro atoms. The Kier molecular flexibility index (Phi) is 4.14. The Balaban J connectivity index is 1.72. The van der Waals surface area contributed by atoms with Gasteiger partial charge in [0.25, 0.3) is 0 Å². The van der Waals surface area contributed by atoms with Crippen LogP contribution in [0.4, 0.5) is 10.1 Å². The van der Waals surface area contributed by atoms with Gasteiger partial charge in [-0.15, -0.1) is 0 Å². The Labute approximate surface area is 153 Å². The van der Waals surface area contributed by atoms with E-state index in [4.69, 9.17) is 16.0 Å². The molecule has 1 N–H and O–H groups in total. The Morgan fingerprint density at radius 3 is 2.77 bits per heavy atom. The van der Waals surface area contributed by atoms with Gasteiger partial charge in [0, 0.05) is 11.8 Å². The van der Waals surface area contributed by atoms with Crippen molar-refractivity contribution in [2.24, 2.45) is 4.99 Å². The fourth-order valence-corrected chi connectivity index (χ4v) is 2.72. The lowest BCUT2D eigenvalue weighted by Gasteiger charge is -2.02. The van der Waals surface area contributed by atoms with Gasteiger partial charge in [-0.1, -0.05) is 29.8 Å². The third-order valence-corrected chi connectivity index (χ3v) is 4.17. The number of halogens is 2. The van der Waals surface area contributed by atoms with Gasteiger partial charge in [0.2, 0.25) is 5.89 Å². The van der Waals surface area contributed by atoms with Crippen molar-refractivity contribution in [1.82, 2.24) is 4.98 Å². The number of hydrogen-bond acceptors (Lipinski definition) is 4. The number of aromatic hydroxyl groups is 1. The van der Waals surface area contributed by atoms with Crippen molar-refractivity contribution in [3.8, 4) is 17.2 Å². The fraction of sp³-hybridized carbons (Fsp3) is 0. The Morgan fingerprint density at radius 2 is 1.92 bits per heavy atom. The minimum atomic E-state index is -0.697. The maximum absolute atomic E-state index is 13.4. The summed E-state index contributed by atoms with van der Waals surface area (Å²) in [6, 6.07) is 16.8. The number of nitrogens with zero attached hydrogens (tertiary/aromatic N) is 2. The SMILES string of the molecule is Oc1c(F)cccc1C=Nc1ccc(Cl)c(-c2nc3ccccc3o2)c1. The smallest absolute Gasteiger partial charge is 0.228 e. The molecule has 4 rings (SSSR count). The van der Waals surface area contributed by atoms with Gasteiger partial charge in [-0.2, -0.15) is 0 Å². The Bertz CT molecular complexity index is 1100. The lowest BCUT2D eigenvalue weighted by molar-refractivity contribution is 0.431. The molecule has 4 nitrogen and oxygen atoms in total. The van der Waals surface area contributed by atoms with Gasteiger partial charge in [0.1, 0.15) is 5.52 Å². The second-order valence-corrected chi connectivity index (χ2v) is 5.99. The molecule has 0 aliphatic rings. The molecular formula is C20H12ClFN2O2. The third kappa shape index (κ3) is 3.05. The highest BCUT2D eigenvalue weighted by Crippen LogP contribution is 2.33. The van der Waals surface area contributed by atoms with E-state index >= 15 is 0 Å². The first-order valence-electron chi connectivity index (χ1n) is 7.79. The van der Waals surface area contributed by atoms with Gasteiger partial charge in [0.05, 0.1) is 16.3 Å². The molecule has 0 fully saturated rings. The van der Waals surface area contributed by atoms with Crippen molar-refractivity contribution in [1.29, 1.82) is 0 Å². The van der Waals surface area contributed by atoms with Crippen LogP contribution in [0.1, 0.15) is 5.56 Å². The highest BCUT2D eigenvalue weighted by atomic mass is 35.5. The van der Waals surface area contributed by atoms with Crippen LogP contribution in [0.2, 0.25) is 5.02 Å². The summed E-state index contributed by atoms with van der Waals surface area (Å²) in [6.45, 7) is 0. The number of phenolic OH excluding ortho intramolecular Hbond substituents is 1. The van der Waals surface area contributed by atoms with Crippen LogP contribution in [0, 0.1) is 5.82 Å². The molecule has 0 unspecified atom stereocenters. The second kappa shape index (κ2) is 6.61. The zero-order valence-electron chi connectivity index (χ0n) is 13.4. The zero-order chi connectivity index (χ0) is 18.1. The lowest BCUT2D eigenvalue weighted by Crippen LogP contribution is -1.85. The van der Waals surface area contributed by atoms with E-state index in [0.29, 0.717) is 27.7 Å². The van der Waals surface area contributed by atoms with E-state index in [9.17, 15) is 9.50 Å². The topological polar surface area (TPSA) is 58.6 Å². The van der Waals surface area contributed by atoms with Crippen LogP contribution < -0.4 is 0 Å². The van der Waals surface area contributed by atoms with Gasteiger partial charge in [0.15, 0.2) is 17.1 Å². The molecule has 0 aliphatic carbocycles. The van der Waals surface area contributed by atoms with Crippen LogP contribution in [-0.2, 0) is 0 Å². The van der Waals surface area contributed by atoms with Gasteiger partial charge in [-0.25, -0.2) is 9.37 Å². The highest BCUT2D eigenvalue weighted by molar-refractivity contribution is 6.33. The summed E-state index contributed by atoms with van der Waals surface area (Å²) >= 11 is 6.28. The van der Waals surface area contributed by atoms with E-state index in [0.717, 1.165) is 5.52 Å². The molecule has 26 heavy (non-hydrogen) atoms. The predicted octanol–water partition coefficient (Wildman–Crippen LogP) is 5.74. The fourth-order valence-electron chi connectivity index (χ4n) is 2.53. The molecule has 128 valence electrons. The molecule has 0 saturated carbocycles. The van der Waals surface area contributed by atoms with Crippen molar-refractivity contribution >= 4 is 34.6 Å². The molecule has 0 amide bonds. The van der Waals surface area contributed by atoms with Crippen molar-refractivity contribution in [2.45, 2.75) is 0 Å². The number of fused-ring (bicyclic) bond motifs is 1. The number of hydrogen-bond donors (Lipinski definition) is 1. The first-order valence-corrected chi connectivity index (χ1v) is 8.16. The van der Waals surface area contributed by atoms with Gasteiger partial charge < -0.3 is 9.52 Å². The third-order valence-electron chi connectivity index (χ3n) is 3.84. The Hall–Kier alpha value is -3.18. The summed E-state index contributed by atoms with van der Waals surface area (Å²) in [5.74, 6) is -0.747. The van der Waals surface area contributed by atoms with Crippen LogP contribution >= 0.6 is 11.6 Å². The van der Waals surface area contributed by atoms with E-state index in [1.807, 2.05) is 24.3 Å². The summed E-state index contributed by atoms with van der Waals surface area (Å²) in [5, 5.41) is 10.2. The predicted molar refractivity (Wildman–Crippen MR) is 99.8 cm³/mol. The molecule has 0 atom stereocenters. The standard InChI is InChI=1S/C20H12ClFN2O2/c21-15-9-8-13(23-11-12-4-3-5-16(22)19(12)25)10-14(15)20-24-17-6-1-2-7-18(17)26-20/h1-11,25H. The van der Waals surface area contributed by atoms with Gasteiger partial charge in [-0.3, -0.25) is 4.99 Å². The zero-order valence-corrected chi connectivity index (χ0v) is 14.1. The number of phenols is 1. The maximum Gasteiger partial charge on any atom is 0.228 e. The van der Waals surface area contributed by atoms with E-state index in [1.54, 1.807) is 24.3 Å². The first-order chi connectivity index (χ1) is 12.6. The average Bonchev–Trinajstić information content (AvgIpc) is 3.08. The number of aromatic nitrogens is 1. The molecule has 0 aliphatic heterocycles. The number of oxazole rings is 1. The molecule has 0 radical (unpaired) electrons. The molecule has 0 bridgehead atoms. The average molecular weight is 367 g/mol. The minimum Gasteiger partial charge on any atom is -0.504 e. The second-order valence-electron chi connectivity index (χ2n) is 5.59. The highest BCUT2D eigenvalue weighted by Gasteiger charge is 2.12. The summed E-state index contributed by atoms with van der Waals surface area (Å²) < 4.78 is 19.1. The van der Waals surface area contributed by atoms with E-state index in [-0.39, 0.29) is 5.56 Å². The van der Waals surface area contributed by atoms with Crippen molar-refractivity contribution in [3.05, 3.63) is 77.1 Å². The van der Waals surface area contributed by atoms with Crippen molar-refractivity contribution in [3.63, 3.8) is 0 Å².